The van der Waals surface area contributed by atoms with Crippen LogP contribution in [0.1, 0.15) is 20.9 Å². The summed E-state index contributed by atoms with van der Waals surface area (Å²) in [6, 6.07) is 14.5. The molecule has 0 spiro atoms. The van der Waals surface area contributed by atoms with Crippen LogP contribution in [0.4, 0.5) is 20.2 Å². The number of ether oxygens (including phenoxy) is 2. The smallest absolute Gasteiger partial charge is 0.293 e. The van der Waals surface area contributed by atoms with Crippen molar-refractivity contribution in [3.05, 3.63) is 83.6 Å². The molecule has 0 aliphatic carbocycles. The van der Waals surface area contributed by atoms with Gasteiger partial charge in [-0.3, -0.25) is 9.59 Å². The van der Waals surface area contributed by atoms with Crippen molar-refractivity contribution in [1.82, 2.24) is 0 Å². The van der Waals surface area contributed by atoms with Crippen LogP contribution in [0.3, 0.4) is 0 Å². The van der Waals surface area contributed by atoms with Crippen molar-refractivity contribution in [2.45, 2.75) is 0 Å². The fraction of sp³-hybridized carbons (Fsp3) is 0.0833. The summed E-state index contributed by atoms with van der Waals surface area (Å²) in [6.07, 6.45) is 0. The zero-order chi connectivity index (χ0) is 23.5. The maximum absolute atomic E-state index is 13.5. The van der Waals surface area contributed by atoms with Crippen molar-refractivity contribution in [3.63, 3.8) is 0 Å². The number of para-hydroxylation sites is 2. The molecule has 0 radical (unpaired) electrons. The van der Waals surface area contributed by atoms with E-state index in [1.165, 1.54) is 20.3 Å². The molecule has 0 atom stereocenters. The minimum atomic E-state index is -1.11. The molecule has 0 bridgehead atoms. The summed E-state index contributed by atoms with van der Waals surface area (Å²) in [5.74, 6) is -3.12. The molecule has 0 saturated carbocycles. The van der Waals surface area contributed by atoms with Crippen molar-refractivity contribution in [2.75, 3.05) is 24.9 Å². The number of benzene rings is 3. The molecule has 33 heavy (non-hydrogen) atoms. The first-order chi connectivity index (χ1) is 15.9. The largest absolute Gasteiger partial charge is 0.493 e. The predicted molar refractivity (Wildman–Crippen MR) is 118 cm³/mol. The Labute approximate surface area is 186 Å². The van der Waals surface area contributed by atoms with E-state index in [2.05, 4.69) is 10.6 Å². The Balaban J connectivity index is 1.72. The van der Waals surface area contributed by atoms with Crippen LogP contribution in [0, 0.1) is 11.6 Å². The minimum Gasteiger partial charge on any atom is -0.493 e. The van der Waals surface area contributed by atoms with Crippen LogP contribution in [0.25, 0.3) is 11.0 Å². The molecule has 4 aromatic rings. The summed E-state index contributed by atoms with van der Waals surface area (Å²) < 4.78 is 43.0. The molecule has 1 aromatic heterocycles. The summed E-state index contributed by atoms with van der Waals surface area (Å²) in [7, 11) is 2.85. The van der Waals surface area contributed by atoms with Crippen LogP contribution >= 0.6 is 0 Å². The number of carbonyl (C=O) groups excluding carboxylic acids is 2. The number of hydrogen-bond acceptors (Lipinski definition) is 5. The molecule has 0 aliphatic heterocycles. The van der Waals surface area contributed by atoms with E-state index in [4.69, 9.17) is 13.9 Å². The molecule has 2 amide bonds. The van der Waals surface area contributed by atoms with E-state index in [0.717, 1.165) is 12.1 Å². The number of methoxy groups -OCH3 is 2. The van der Waals surface area contributed by atoms with Crippen molar-refractivity contribution in [2.24, 2.45) is 0 Å². The fourth-order valence-corrected chi connectivity index (χ4v) is 3.34. The first kappa shape index (κ1) is 21.8. The minimum absolute atomic E-state index is 0.0195. The van der Waals surface area contributed by atoms with Gasteiger partial charge in [0, 0.05) is 17.1 Å². The lowest BCUT2D eigenvalue weighted by Crippen LogP contribution is -2.18. The van der Waals surface area contributed by atoms with Crippen molar-refractivity contribution in [1.29, 1.82) is 0 Å². The van der Waals surface area contributed by atoms with Gasteiger partial charge in [0.1, 0.15) is 11.3 Å². The first-order valence-corrected chi connectivity index (χ1v) is 9.73. The number of amides is 2. The van der Waals surface area contributed by atoms with Gasteiger partial charge in [0.2, 0.25) is 5.76 Å². The predicted octanol–water partition coefficient (Wildman–Crippen LogP) is 5.23. The van der Waals surface area contributed by atoms with Crippen LogP contribution in [-0.4, -0.2) is 26.0 Å². The lowest BCUT2D eigenvalue weighted by molar-refractivity contribution is 0.0999. The standard InChI is InChI=1S/C24H18F2N2O5/c1-31-19-9-5-7-15(21(19)32-2)23(29)28-20-14-6-3-4-8-18(14)33-22(20)24(30)27-13-10-11-16(25)17(26)12-13/h3-12H,1-2H3,(H,27,30)(H,28,29). The molecular formula is C24H18F2N2O5. The maximum Gasteiger partial charge on any atom is 0.293 e. The van der Waals surface area contributed by atoms with Crippen LogP contribution in [0.2, 0.25) is 0 Å². The van der Waals surface area contributed by atoms with Gasteiger partial charge in [-0.1, -0.05) is 18.2 Å². The Morgan fingerprint density at radius 2 is 1.64 bits per heavy atom. The summed E-state index contributed by atoms with van der Waals surface area (Å²) in [6.45, 7) is 0. The van der Waals surface area contributed by atoms with Gasteiger partial charge in [-0.05, 0) is 36.4 Å². The molecule has 1 heterocycles. The molecule has 4 rings (SSSR count). The summed E-state index contributed by atoms with van der Waals surface area (Å²) in [5.41, 5.74) is 0.654. The Hall–Kier alpha value is -4.40. The van der Waals surface area contributed by atoms with Gasteiger partial charge in [0.15, 0.2) is 23.1 Å². The molecule has 7 nitrogen and oxygen atoms in total. The topological polar surface area (TPSA) is 89.8 Å². The van der Waals surface area contributed by atoms with E-state index in [0.29, 0.717) is 16.7 Å². The highest BCUT2D eigenvalue weighted by Crippen LogP contribution is 2.35. The van der Waals surface area contributed by atoms with Gasteiger partial charge in [-0.15, -0.1) is 0 Å². The highest BCUT2D eigenvalue weighted by molar-refractivity contribution is 6.17. The van der Waals surface area contributed by atoms with Crippen molar-refractivity contribution in [3.8, 4) is 11.5 Å². The van der Waals surface area contributed by atoms with E-state index < -0.39 is 23.4 Å². The molecule has 168 valence electrons. The average Bonchev–Trinajstić information content (AvgIpc) is 3.19. The SMILES string of the molecule is COc1cccc(C(=O)Nc2c(C(=O)Nc3ccc(F)c(F)c3)oc3ccccc23)c1OC. The number of hydrogen-bond donors (Lipinski definition) is 2. The maximum atomic E-state index is 13.5. The van der Waals surface area contributed by atoms with Crippen LogP contribution < -0.4 is 20.1 Å². The third kappa shape index (κ3) is 4.20. The Bertz CT molecular complexity index is 1370. The number of halogens is 2. The van der Waals surface area contributed by atoms with E-state index in [1.54, 1.807) is 42.5 Å². The number of nitrogens with one attached hydrogen (secondary N) is 2. The van der Waals surface area contributed by atoms with E-state index in [1.807, 2.05) is 0 Å². The monoisotopic (exact) mass is 452 g/mol. The second-order valence-electron chi connectivity index (χ2n) is 6.88. The number of carbonyl (C=O) groups is 2. The zero-order valence-corrected chi connectivity index (χ0v) is 17.6. The Morgan fingerprint density at radius 1 is 0.848 bits per heavy atom. The normalized spacial score (nSPS) is 10.7. The molecule has 2 N–H and O–H groups in total. The van der Waals surface area contributed by atoms with Crippen LogP contribution in [0.5, 0.6) is 11.5 Å². The van der Waals surface area contributed by atoms with Gasteiger partial charge < -0.3 is 24.5 Å². The highest BCUT2D eigenvalue weighted by Gasteiger charge is 2.25. The van der Waals surface area contributed by atoms with Gasteiger partial charge in [-0.2, -0.15) is 0 Å². The zero-order valence-electron chi connectivity index (χ0n) is 17.6. The average molecular weight is 452 g/mol. The first-order valence-electron chi connectivity index (χ1n) is 9.73. The Morgan fingerprint density at radius 3 is 2.36 bits per heavy atom. The fourth-order valence-electron chi connectivity index (χ4n) is 3.34. The Kier molecular flexibility index (Phi) is 5.95. The van der Waals surface area contributed by atoms with Crippen molar-refractivity contribution >= 4 is 34.2 Å². The van der Waals surface area contributed by atoms with Gasteiger partial charge >= 0.3 is 0 Å². The van der Waals surface area contributed by atoms with Crippen LogP contribution in [0.15, 0.2) is 65.1 Å². The molecule has 0 saturated heterocycles. The summed E-state index contributed by atoms with van der Waals surface area (Å²) >= 11 is 0. The quantitative estimate of drug-likeness (QED) is 0.418. The molecule has 3 aromatic carbocycles. The molecule has 0 unspecified atom stereocenters. The lowest BCUT2D eigenvalue weighted by Gasteiger charge is -2.13. The molecular weight excluding hydrogens is 434 g/mol. The van der Waals surface area contributed by atoms with E-state index in [9.17, 15) is 18.4 Å². The van der Waals surface area contributed by atoms with E-state index >= 15 is 0 Å². The summed E-state index contributed by atoms with van der Waals surface area (Å²) in [5, 5.41) is 5.62. The molecule has 0 aliphatic rings. The second kappa shape index (κ2) is 8.99. The van der Waals surface area contributed by atoms with E-state index in [-0.39, 0.29) is 28.4 Å². The second-order valence-corrected chi connectivity index (χ2v) is 6.88. The van der Waals surface area contributed by atoms with Gasteiger partial charge in [0.05, 0.1) is 19.8 Å². The molecule has 0 fully saturated rings. The van der Waals surface area contributed by atoms with Gasteiger partial charge in [0.25, 0.3) is 11.8 Å². The highest BCUT2D eigenvalue weighted by atomic mass is 19.2. The number of anilines is 2. The number of rotatable bonds is 6. The van der Waals surface area contributed by atoms with Crippen molar-refractivity contribution < 1.29 is 32.3 Å². The molecule has 9 heteroatoms. The third-order valence-corrected chi connectivity index (χ3v) is 4.87. The van der Waals surface area contributed by atoms with Crippen LogP contribution in [-0.2, 0) is 0 Å². The number of furan rings is 1. The van der Waals surface area contributed by atoms with Gasteiger partial charge in [-0.25, -0.2) is 8.78 Å². The number of fused-ring (bicyclic) bond motifs is 1. The third-order valence-electron chi connectivity index (χ3n) is 4.87. The summed E-state index contributed by atoms with van der Waals surface area (Å²) in [4.78, 5) is 26.0. The lowest BCUT2D eigenvalue weighted by atomic mass is 10.1.